The summed E-state index contributed by atoms with van der Waals surface area (Å²) in [5, 5.41) is 4.40. The third-order valence-electron chi connectivity index (χ3n) is 3.39. The van der Waals surface area contributed by atoms with Gasteiger partial charge in [-0.3, -0.25) is 0 Å². The maximum Gasteiger partial charge on any atom is 0.132 e. The first-order valence-corrected chi connectivity index (χ1v) is 8.15. The standard InChI is InChI=1S/C16H20N2O2S/c1-2-17-10-14-15(12-6-4-3-5-7-12)18-16(21-14)13-11-19-8-9-20-13/h3-7,13,17H,2,8-11H2,1H3. The van der Waals surface area contributed by atoms with Gasteiger partial charge in [0.15, 0.2) is 0 Å². The van der Waals surface area contributed by atoms with Crippen LogP contribution >= 0.6 is 11.3 Å². The molecule has 1 fully saturated rings. The van der Waals surface area contributed by atoms with Gasteiger partial charge in [0.2, 0.25) is 0 Å². The van der Waals surface area contributed by atoms with E-state index in [1.54, 1.807) is 11.3 Å². The lowest BCUT2D eigenvalue weighted by atomic mass is 10.1. The van der Waals surface area contributed by atoms with Crippen LogP contribution < -0.4 is 5.32 Å². The summed E-state index contributed by atoms with van der Waals surface area (Å²) in [4.78, 5) is 6.09. The smallest absolute Gasteiger partial charge is 0.132 e. The fourth-order valence-corrected chi connectivity index (χ4v) is 3.41. The minimum atomic E-state index is -0.0263. The number of benzene rings is 1. The number of rotatable bonds is 5. The average molecular weight is 304 g/mol. The van der Waals surface area contributed by atoms with E-state index in [2.05, 4.69) is 24.4 Å². The number of hydrogen-bond donors (Lipinski definition) is 1. The van der Waals surface area contributed by atoms with Crippen molar-refractivity contribution in [1.29, 1.82) is 0 Å². The van der Waals surface area contributed by atoms with Crippen LogP contribution in [0.5, 0.6) is 0 Å². The highest BCUT2D eigenvalue weighted by molar-refractivity contribution is 7.12. The molecule has 1 aliphatic heterocycles. The lowest BCUT2D eigenvalue weighted by Crippen LogP contribution is -2.21. The van der Waals surface area contributed by atoms with Crippen molar-refractivity contribution < 1.29 is 9.47 Å². The molecule has 0 radical (unpaired) electrons. The predicted octanol–water partition coefficient (Wildman–Crippen LogP) is 3.01. The van der Waals surface area contributed by atoms with E-state index in [4.69, 9.17) is 14.5 Å². The summed E-state index contributed by atoms with van der Waals surface area (Å²) in [6, 6.07) is 10.3. The van der Waals surface area contributed by atoms with Crippen LogP contribution in [0, 0.1) is 0 Å². The van der Waals surface area contributed by atoms with Gasteiger partial charge in [-0.05, 0) is 6.54 Å². The van der Waals surface area contributed by atoms with Crippen molar-refractivity contribution in [2.24, 2.45) is 0 Å². The second-order valence-corrected chi connectivity index (χ2v) is 6.02. The van der Waals surface area contributed by atoms with Gasteiger partial charge in [0.1, 0.15) is 11.1 Å². The van der Waals surface area contributed by atoms with Crippen molar-refractivity contribution in [3.05, 3.63) is 40.2 Å². The maximum atomic E-state index is 5.78. The Balaban J connectivity index is 1.90. The minimum absolute atomic E-state index is 0.0263. The van der Waals surface area contributed by atoms with Crippen molar-refractivity contribution in [3.63, 3.8) is 0 Å². The van der Waals surface area contributed by atoms with Gasteiger partial charge >= 0.3 is 0 Å². The van der Waals surface area contributed by atoms with Crippen LogP contribution in [0.2, 0.25) is 0 Å². The summed E-state index contributed by atoms with van der Waals surface area (Å²) >= 11 is 1.72. The Morgan fingerprint density at radius 1 is 1.29 bits per heavy atom. The molecule has 1 aliphatic rings. The lowest BCUT2D eigenvalue weighted by molar-refractivity contribution is -0.0901. The molecule has 1 unspecified atom stereocenters. The molecule has 4 nitrogen and oxygen atoms in total. The normalized spacial score (nSPS) is 18.8. The zero-order chi connectivity index (χ0) is 14.5. The monoisotopic (exact) mass is 304 g/mol. The molecule has 1 saturated heterocycles. The second-order valence-electron chi connectivity index (χ2n) is 4.90. The van der Waals surface area contributed by atoms with E-state index in [0.29, 0.717) is 19.8 Å². The number of hydrogen-bond acceptors (Lipinski definition) is 5. The lowest BCUT2D eigenvalue weighted by Gasteiger charge is -2.20. The molecular weight excluding hydrogens is 284 g/mol. The zero-order valence-corrected chi connectivity index (χ0v) is 13.0. The Bertz CT molecular complexity index is 565. The molecule has 112 valence electrons. The van der Waals surface area contributed by atoms with E-state index < -0.39 is 0 Å². The summed E-state index contributed by atoms with van der Waals surface area (Å²) < 4.78 is 11.3. The second kappa shape index (κ2) is 7.13. The number of aromatic nitrogens is 1. The van der Waals surface area contributed by atoms with E-state index in [-0.39, 0.29) is 6.10 Å². The molecule has 1 atom stereocenters. The molecule has 0 spiro atoms. The van der Waals surface area contributed by atoms with Crippen LogP contribution in [0.15, 0.2) is 30.3 Å². The summed E-state index contributed by atoms with van der Waals surface area (Å²) in [6.07, 6.45) is -0.0263. The summed E-state index contributed by atoms with van der Waals surface area (Å²) in [6.45, 7) is 5.83. The molecule has 1 aromatic heterocycles. The van der Waals surface area contributed by atoms with Crippen molar-refractivity contribution >= 4 is 11.3 Å². The number of ether oxygens (including phenoxy) is 2. The third-order valence-corrected chi connectivity index (χ3v) is 4.54. The van der Waals surface area contributed by atoms with Crippen molar-refractivity contribution in [2.45, 2.75) is 19.6 Å². The molecule has 1 aromatic carbocycles. The SMILES string of the molecule is CCNCc1sc(C2COCCO2)nc1-c1ccccc1. The Hall–Kier alpha value is -1.27. The predicted molar refractivity (Wildman–Crippen MR) is 84.4 cm³/mol. The van der Waals surface area contributed by atoms with Gasteiger partial charge in [-0.1, -0.05) is 37.3 Å². The van der Waals surface area contributed by atoms with E-state index >= 15 is 0 Å². The summed E-state index contributed by atoms with van der Waals surface area (Å²) in [5.41, 5.74) is 2.22. The van der Waals surface area contributed by atoms with E-state index in [0.717, 1.165) is 29.4 Å². The van der Waals surface area contributed by atoms with Gasteiger partial charge in [-0.15, -0.1) is 11.3 Å². The molecule has 21 heavy (non-hydrogen) atoms. The van der Waals surface area contributed by atoms with Gasteiger partial charge in [0.05, 0.1) is 25.5 Å². The highest BCUT2D eigenvalue weighted by Gasteiger charge is 2.23. The molecule has 0 aliphatic carbocycles. The highest BCUT2D eigenvalue weighted by atomic mass is 32.1. The molecule has 5 heteroatoms. The van der Waals surface area contributed by atoms with E-state index in [1.165, 1.54) is 4.88 Å². The number of thiazole rings is 1. The molecule has 0 bridgehead atoms. The number of nitrogens with one attached hydrogen (secondary N) is 1. The summed E-state index contributed by atoms with van der Waals surface area (Å²) in [7, 11) is 0. The third kappa shape index (κ3) is 3.49. The van der Waals surface area contributed by atoms with Crippen molar-refractivity contribution in [2.75, 3.05) is 26.4 Å². The van der Waals surface area contributed by atoms with Gasteiger partial charge < -0.3 is 14.8 Å². The molecule has 0 saturated carbocycles. The highest BCUT2D eigenvalue weighted by Crippen LogP contribution is 2.33. The first-order chi connectivity index (χ1) is 10.4. The largest absolute Gasteiger partial charge is 0.376 e. The first-order valence-electron chi connectivity index (χ1n) is 7.33. The van der Waals surface area contributed by atoms with Gasteiger partial charge in [-0.2, -0.15) is 0 Å². The van der Waals surface area contributed by atoms with Gasteiger partial charge in [-0.25, -0.2) is 4.98 Å². The van der Waals surface area contributed by atoms with Crippen LogP contribution in [0.1, 0.15) is 22.9 Å². The topological polar surface area (TPSA) is 43.4 Å². The maximum absolute atomic E-state index is 5.78. The van der Waals surface area contributed by atoms with E-state index in [9.17, 15) is 0 Å². The number of nitrogens with zero attached hydrogens (tertiary/aromatic N) is 1. The fraction of sp³-hybridized carbons (Fsp3) is 0.438. The van der Waals surface area contributed by atoms with Gasteiger partial charge in [0.25, 0.3) is 0 Å². The van der Waals surface area contributed by atoms with Crippen molar-refractivity contribution in [3.8, 4) is 11.3 Å². The Labute approximate surface area is 129 Å². The Kier molecular flexibility index (Phi) is 4.98. The van der Waals surface area contributed by atoms with Crippen LogP contribution in [0.25, 0.3) is 11.3 Å². The van der Waals surface area contributed by atoms with Crippen molar-refractivity contribution in [1.82, 2.24) is 10.3 Å². The fourth-order valence-electron chi connectivity index (χ4n) is 2.32. The van der Waals surface area contributed by atoms with Crippen LogP contribution in [-0.4, -0.2) is 31.3 Å². The van der Waals surface area contributed by atoms with Crippen LogP contribution in [-0.2, 0) is 16.0 Å². The Morgan fingerprint density at radius 3 is 2.86 bits per heavy atom. The molecule has 2 heterocycles. The Morgan fingerprint density at radius 2 is 2.14 bits per heavy atom. The molecule has 1 N–H and O–H groups in total. The van der Waals surface area contributed by atoms with Crippen LogP contribution in [0.3, 0.4) is 0 Å². The zero-order valence-electron chi connectivity index (χ0n) is 12.2. The van der Waals surface area contributed by atoms with Crippen LogP contribution in [0.4, 0.5) is 0 Å². The quantitative estimate of drug-likeness (QED) is 0.922. The van der Waals surface area contributed by atoms with Gasteiger partial charge in [0, 0.05) is 17.0 Å². The average Bonchev–Trinajstić information content (AvgIpc) is 2.99. The summed E-state index contributed by atoms with van der Waals surface area (Å²) in [5.74, 6) is 0. The molecule has 3 rings (SSSR count). The minimum Gasteiger partial charge on any atom is -0.376 e. The molecule has 0 amide bonds. The molecular formula is C16H20N2O2S. The van der Waals surface area contributed by atoms with E-state index in [1.807, 2.05) is 18.2 Å². The molecule has 2 aromatic rings. The first kappa shape index (κ1) is 14.7.